The first-order chi connectivity index (χ1) is 22.2. The van der Waals surface area contributed by atoms with Gasteiger partial charge >= 0.3 is 0 Å². The number of methoxy groups -OCH3 is 1. The van der Waals surface area contributed by atoms with E-state index in [2.05, 4.69) is 10.4 Å². The summed E-state index contributed by atoms with van der Waals surface area (Å²) in [4.78, 5) is 43.6. The first-order valence-corrected chi connectivity index (χ1v) is 16.1. The Hall–Kier alpha value is -4.38. The number of ether oxygens (including phenoxy) is 3. The van der Waals surface area contributed by atoms with Crippen molar-refractivity contribution in [1.82, 2.24) is 24.9 Å². The van der Waals surface area contributed by atoms with E-state index in [-0.39, 0.29) is 43.3 Å². The smallest absolute Gasteiger partial charge is 0.240 e. The second kappa shape index (κ2) is 13.5. The second-order valence-electron chi connectivity index (χ2n) is 12.6. The molecule has 7 rings (SSSR count). The van der Waals surface area contributed by atoms with Crippen molar-refractivity contribution in [2.75, 3.05) is 26.7 Å². The van der Waals surface area contributed by atoms with Gasteiger partial charge in [-0.25, -0.2) is 0 Å². The zero-order valence-corrected chi connectivity index (χ0v) is 27.1. The number of benzene rings is 2. The van der Waals surface area contributed by atoms with Gasteiger partial charge in [-0.15, -0.1) is 0 Å². The maximum absolute atomic E-state index is 13.4. The number of fused-ring (bicyclic) bond motifs is 9. The summed E-state index contributed by atoms with van der Waals surface area (Å²) in [5.41, 5.74) is 4.99. The quantitative estimate of drug-likeness (QED) is 0.456. The van der Waals surface area contributed by atoms with Crippen LogP contribution >= 0.6 is 0 Å². The number of amides is 3. The van der Waals surface area contributed by atoms with Crippen LogP contribution in [-0.2, 0) is 38.7 Å². The zero-order valence-electron chi connectivity index (χ0n) is 27.1. The Morgan fingerprint density at radius 2 is 1.87 bits per heavy atom. The molecule has 2 aromatic carbocycles. The molecule has 4 bridgehead atoms. The van der Waals surface area contributed by atoms with Crippen molar-refractivity contribution in [3.63, 3.8) is 0 Å². The molecule has 3 aliphatic heterocycles. The van der Waals surface area contributed by atoms with E-state index in [1.807, 2.05) is 67.9 Å². The number of aromatic nitrogens is 2. The van der Waals surface area contributed by atoms with Gasteiger partial charge in [-0.3, -0.25) is 19.1 Å². The Labute approximate surface area is 269 Å². The van der Waals surface area contributed by atoms with E-state index in [1.165, 1.54) is 0 Å². The Morgan fingerprint density at radius 3 is 2.61 bits per heavy atom. The number of likely N-dealkylation sites (tertiary alicyclic amines) is 1. The van der Waals surface area contributed by atoms with Crippen molar-refractivity contribution < 1.29 is 28.6 Å². The van der Waals surface area contributed by atoms with E-state index in [0.29, 0.717) is 49.7 Å². The molecular weight excluding hydrogens is 586 g/mol. The maximum Gasteiger partial charge on any atom is 0.240 e. The van der Waals surface area contributed by atoms with Gasteiger partial charge in [0.25, 0.3) is 0 Å². The number of hydrogen-bond donors (Lipinski definition) is 1. The maximum atomic E-state index is 13.4. The molecule has 1 saturated carbocycles. The Bertz CT molecular complexity index is 1610. The Morgan fingerprint density at radius 1 is 1.04 bits per heavy atom. The van der Waals surface area contributed by atoms with E-state index >= 15 is 0 Å². The van der Waals surface area contributed by atoms with Gasteiger partial charge in [0, 0.05) is 44.2 Å². The number of carbonyl (C=O) groups is 3. The Balaban J connectivity index is 1.21. The molecule has 0 unspecified atom stereocenters. The first kappa shape index (κ1) is 31.6. The van der Waals surface area contributed by atoms with E-state index < -0.39 is 12.1 Å². The van der Waals surface area contributed by atoms with Crippen LogP contribution in [0.1, 0.15) is 53.8 Å². The zero-order chi connectivity index (χ0) is 32.4. The summed E-state index contributed by atoms with van der Waals surface area (Å²) in [6.07, 6.45) is 2.45. The van der Waals surface area contributed by atoms with E-state index in [1.54, 1.807) is 16.9 Å². The van der Waals surface area contributed by atoms with Crippen LogP contribution in [0.4, 0.5) is 0 Å². The number of rotatable bonds is 5. The summed E-state index contributed by atoms with van der Waals surface area (Å²) < 4.78 is 20.1. The molecule has 2 atom stereocenters. The molecule has 244 valence electrons. The molecule has 4 heterocycles. The molecule has 11 heteroatoms. The molecule has 4 aliphatic rings. The number of nitrogens with zero attached hydrogens (tertiary/aromatic N) is 4. The summed E-state index contributed by atoms with van der Waals surface area (Å²) >= 11 is 0. The third kappa shape index (κ3) is 7.20. The topological polar surface area (TPSA) is 115 Å². The number of hydrogen-bond acceptors (Lipinski definition) is 7. The van der Waals surface area contributed by atoms with Crippen molar-refractivity contribution >= 4 is 17.7 Å². The van der Waals surface area contributed by atoms with Crippen LogP contribution in [0.15, 0.2) is 42.5 Å². The first-order valence-electron chi connectivity index (χ1n) is 16.1. The molecule has 3 aromatic rings. The van der Waals surface area contributed by atoms with E-state index in [9.17, 15) is 14.4 Å². The largest absolute Gasteiger partial charge is 0.493 e. The molecule has 46 heavy (non-hydrogen) atoms. The highest BCUT2D eigenvalue weighted by Crippen LogP contribution is 2.34. The predicted octanol–water partition coefficient (Wildman–Crippen LogP) is 3.85. The van der Waals surface area contributed by atoms with Gasteiger partial charge in [0.2, 0.25) is 17.7 Å². The van der Waals surface area contributed by atoms with Crippen LogP contribution in [0.3, 0.4) is 0 Å². The molecule has 2 fully saturated rings. The molecule has 1 saturated heterocycles. The monoisotopic (exact) mass is 629 g/mol. The van der Waals surface area contributed by atoms with Crippen molar-refractivity contribution in [1.29, 1.82) is 0 Å². The van der Waals surface area contributed by atoms with Crippen LogP contribution in [0.25, 0.3) is 0 Å². The average Bonchev–Trinajstić information content (AvgIpc) is 3.77. The summed E-state index contributed by atoms with van der Waals surface area (Å²) in [6, 6.07) is 13.0. The van der Waals surface area contributed by atoms with Crippen LogP contribution in [0.5, 0.6) is 17.2 Å². The fourth-order valence-electron chi connectivity index (χ4n) is 6.24. The fraction of sp³-hybridized carbons (Fsp3) is 0.486. The number of aryl methyl sites for hydroxylation is 3. The van der Waals surface area contributed by atoms with Crippen molar-refractivity contribution in [2.45, 2.75) is 84.2 Å². The highest BCUT2D eigenvalue weighted by atomic mass is 16.5. The van der Waals surface area contributed by atoms with Gasteiger partial charge in [-0.05, 0) is 81.0 Å². The molecule has 1 aliphatic carbocycles. The fourth-order valence-corrected chi connectivity index (χ4v) is 6.24. The van der Waals surface area contributed by atoms with Crippen molar-refractivity contribution in [2.24, 2.45) is 0 Å². The lowest BCUT2D eigenvalue weighted by atomic mass is 10.1. The molecule has 11 nitrogen and oxygen atoms in total. The minimum absolute atomic E-state index is 0.0178. The molecule has 0 spiro atoms. The molecule has 1 aromatic heterocycles. The van der Waals surface area contributed by atoms with Gasteiger partial charge in [0.1, 0.15) is 5.75 Å². The minimum atomic E-state index is -0.423. The van der Waals surface area contributed by atoms with Crippen LogP contribution < -0.4 is 14.8 Å². The van der Waals surface area contributed by atoms with Crippen LogP contribution in [-0.4, -0.2) is 82.2 Å². The number of nitrogens with one attached hydrogen (secondary N) is 1. The van der Waals surface area contributed by atoms with Crippen molar-refractivity contribution in [3.05, 3.63) is 70.5 Å². The normalized spacial score (nSPS) is 20.8. The van der Waals surface area contributed by atoms with E-state index in [4.69, 9.17) is 14.2 Å². The van der Waals surface area contributed by atoms with Gasteiger partial charge in [0.05, 0.1) is 38.1 Å². The lowest BCUT2D eigenvalue weighted by Crippen LogP contribution is -2.49. The minimum Gasteiger partial charge on any atom is -0.493 e. The van der Waals surface area contributed by atoms with E-state index in [0.717, 1.165) is 40.9 Å². The van der Waals surface area contributed by atoms with Crippen LogP contribution in [0, 0.1) is 20.8 Å². The summed E-state index contributed by atoms with van der Waals surface area (Å²) in [5.74, 6) is 1.47. The second-order valence-corrected chi connectivity index (χ2v) is 12.6. The van der Waals surface area contributed by atoms with Crippen LogP contribution in [0.2, 0.25) is 0 Å². The standard InChI is InChI=1S/C35H43N5O6/c1-22-23(2)37-40(24(22)3)15-14-34(42)38-18-29-32(19-38)45-21-26-6-5-7-28(16-26)46-30-12-8-25(17-31(30)44-4)9-13-35(43)39(27-10-11-27)20-33(41)36-29/h5-8,12,16-17,27,29,32H,9-11,13-15,18-21H2,1-4H3,(H,36,41)/t29-,32-/m0/s1. The highest BCUT2D eigenvalue weighted by molar-refractivity contribution is 5.86. The van der Waals surface area contributed by atoms with Gasteiger partial charge < -0.3 is 29.3 Å². The summed E-state index contributed by atoms with van der Waals surface area (Å²) in [5, 5.41) is 7.68. The lowest BCUT2D eigenvalue weighted by Gasteiger charge is -2.25. The molecule has 3 amide bonds. The Kier molecular flexibility index (Phi) is 9.30. The molecular formula is C35H43N5O6. The number of carbonyl (C=O) groups excluding carboxylic acids is 3. The molecule has 0 radical (unpaired) electrons. The molecule has 1 N–H and O–H groups in total. The average molecular weight is 630 g/mol. The van der Waals surface area contributed by atoms with Crippen molar-refractivity contribution in [3.8, 4) is 17.2 Å². The third-order valence-electron chi connectivity index (χ3n) is 9.31. The lowest BCUT2D eigenvalue weighted by molar-refractivity contribution is -0.137. The van der Waals surface area contributed by atoms with Gasteiger partial charge in [-0.2, -0.15) is 5.10 Å². The highest BCUT2D eigenvalue weighted by Gasteiger charge is 2.39. The summed E-state index contributed by atoms with van der Waals surface area (Å²) in [7, 11) is 1.59. The SMILES string of the molecule is COc1cc2ccc1Oc1cccc(c1)CO[C@H]1CN(C(=O)CCn3nc(C)c(C)c3C)C[C@@H]1NC(=O)CN(C1CC1)C(=O)CC2. The predicted molar refractivity (Wildman–Crippen MR) is 171 cm³/mol. The summed E-state index contributed by atoms with van der Waals surface area (Å²) in [6.45, 7) is 7.44. The van der Waals surface area contributed by atoms with Gasteiger partial charge in [-0.1, -0.05) is 18.2 Å². The van der Waals surface area contributed by atoms with Gasteiger partial charge in [0.15, 0.2) is 11.5 Å². The third-order valence-corrected chi connectivity index (χ3v) is 9.31.